The maximum absolute atomic E-state index is 11.0. The first-order valence-electron chi connectivity index (χ1n) is 6.39. The second kappa shape index (κ2) is 5.89. The highest BCUT2D eigenvalue weighted by Crippen LogP contribution is 2.24. The van der Waals surface area contributed by atoms with E-state index in [2.05, 4.69) is 50.8 Å². The lowest BCUT2D eigenvalue weighted by Crippen LogP contribution is -2.37. The first kappa shape index (κ1) is 14.6. The van der Waals surface area contributed by atoms with Gasteiger partial charge in [-0.3, -0.25) is 4.79 Å². The van der Waals surface area contributed by atoms with E-state index in [9.17, 15) is 4.79 Å². The van der Waals surface area contributed by atoms with E-state index < -0.39 is 5.97 Å². The van der Waals surface area contributed by atoms with E-state index >= 15 is 0 Å². The fourth-order valence-corrected chi connectivity index (χ4v) is 2.09. The molecular formula is C15H23NO2. The number of benzene rings is 1. The van der Waals surface area contributed by atoms with Crippen molar-refractivity contribution in [3.63, 3.8) is 0 Å². The van der Waals surface area contributed by atoms with Crippen LogP contribution in [0.1, 0.15) is 31.9 Å². The Morgan fingerprint density at radius 2 is 1.89 bits per heavy atom. The molecule has 0 saturated heterocycles. The van der Waals surface area contributed by atoms with Crippen LogP contribution in [-0.2, 0) is 4.79 Å². The molecule has 1 aromatic rings. The molecule has 1 N–H and O–H groups in total. The van der Waals surface area contributed by atoms with Crippen molar-refractivity contribution in [1.82, 2.24) is 0 Å². The van der Waals surface area contributed by atoms with Gasteiger partial charge in [-0.2, -0.15) is 0 Å². The van der Waals surface area contributed by atoms with Crippen molar-refractivity contribution < 1.29 is 9.90 Å². The van der Waals surface area contributed by atoms with Gasteiger partial charge in [0.25, 0.3) is 0 Å². The Balaban J connectivity index is 3.01. The predicted molar refractivity (Wildman–Crippen MR) is 75.2 cm³/mol. The topological polar surface area (TPSA) is 40.5 Å². The second-order valence-corrected chi connectivity index (χ2v) is 5.28. The van der Waals surface area contributed by atoms with Gasteiger partial charge in [-0.05, 0) is 39.3 Å². The third-order valence-electron chi connectivity index (χ3n) is 3.18. The lowest BCUT2D eigenvalue weighted by atomic mass is 10.1. The Bertz CT molecular complexity index is 427. The first-order chi connectivity index (χ1) is 8.32. The van der Waals surface area contributed by atoms with Crippen molar-refractivity contribution in [3.05, 3.63) is 29.3 Å². The third kappa shape index (κ3) is 3.49. The van der Waals surface area contributed by atoms with Crippen molar-refractivity contribution in [2.75, 3.05) is 11.4 Å². The molecule has 0 amide bonds. The van der Waals surface area contributed by atoms with Crippen molar-refractivity contribution in [3.8, 4) is 0 Å². The van der Waals surface area contributed by atoms with Gasteiger partial charge in [0.05, 0.1) is 5.92 Å². The highest BCUT2D eigenvalue weighted by atomic mass is 16.4. The summed E-state index contributed by atoms with van der Waals surface area (Å²) in [5.41, 5.74) is 3.55. The molecular weight excluding hydrogens is 226 g/mol. The van der Waals surface area contributed by atoms with E-state index in [0.29, 0.717) is 6.54 Å². The van der Waals surface area contributed by atoms with E-state index in [0.717, 1.165) is 5.69 Å². The van der Waals surface area contributed by atoms with E-state index in [-0.39, 0.29) is 12.0 Å². The number of aliphatic carboxylic acids is 1. The van der Waals surface area contributed by atoms with Crippen molar-refractivity contribution in [2.24, 2.45) is 5.92 Å². The average molecular weight is 249 g/mol. The lowest BCUT2D eigenvalue weighted by Gasteiger charge is -2.32. The molecule has 0 fully saturated rings. The SMILES string of the molecule is Cc1ccc(N(CC(C)C(=O)O)C(C)C)c(C)c1. The molecule has 0 saturated carbocycles. The minimum atomic E-state index is -0.745. The summed E-state index contributed by atoms with van der Waals surface area (Å²) < 4.78 is 0. The highest BCUT2D eigenvalue weighted by molar-refractivity contribution is 5.70. The summed E-state index contributed by atoms with van der Waals surface area (Å²) in [5, 5.41) is 9.05. The van der Waals surface area contributed by atoms with Crippen LogP contribution < -0.4 is 4.90 Å². The number of anilines is 1. The van der Waals surface area contributed by atoms with Gasteiger partial charge < -0.3 is 10.0 Å². The largest absolute Gasteiger partial charge is 0.481 e. The molecule has 18 heavy (non-hydrogen) atoms. The number of carboxylic acid groups (broad SMARTS) is 1. The van der Waals surface area contributed by atoms with Gasteiger partial charge in [0.15, 0.2) is 0 Å². The molecule has 1 unspecified atom stereocenters. The maximum atomic E-state index is 11.0. The summed E-state index contributed by atoms with van der Waals surface area (Å²) >= 11 is 0. The molecule has 0 aliphatic heterocycles. The van der Waals surface area contributed by atoms with Gasteiger partial charge in [-0.15, -0.1) is 0 Å². The Hall–Kier alpha value is -1.51. The van der Waals surface area contributed by atoms with E-state index in [1.54, 1.807) is 6.92 Å². The molecule has 0 aliphatic carbocycles. The van der Waals surface area contributed by atoms with Crippen LogP contribution in [0.2, 0.25) is 0 Å². The Morgan fingerprint density at radius 1 is 1.28 bits per heavy atom. The highest BCUT2D eigenvalue weighted by Gasteiger charge is 2.19. The molecule has 1 aromatic carbocycles. The van der Waals surface area contributed by atoms with Gasteiger partial charge in [0.2, 0.25) is 0 Å². The monoisotopic (exact) mass is 249 g/mol. The minimum Gasteiger partial charge on any atom is -0.481 e. The van der Waals surface area contributed by atoms with Gasteiger partial charge in [0.1, 0.15) is 0 Å². The molecule has 0 radical (unpaired) electrons. The fourth-order valence-electron chi connectivity index (χ4n) is 2.09. The Morgan fingerprint density at radius 3 is 2.33 bits per heavy atom. The van der Waals surface area contributed by atoms with Crippen molar-refractivity contribution >= 4 is 11.7 Å². The number of hydrogen-bond acceptors (Lipinski definition) is 2. The zero-order valence-corrected chi connectivity index (χ0v) is 11.9. The standard InChI is InChI=1S/C15H23NO2/c1-10(2)16(9-13(5)15(17)18)14-7-6-11(3)8-12(14)4/h6-8,10,13H,9H2,1-5H3,(H,17,18). The summed E-state index contributed by atoms with van der Waals surface area (Å²) in [5.74, 6) is -1.11. The number of aryl methyl sites for hydroxylation is 2. The first-order valence-corrected chi connectivity index (χ1v) is 6.39. The normalized spacial score (nSPS) is 12.6. The molecule has 0 heterocycles. The van der Waals surface area contributed by atoms with E-state index in [1.807, 2.05) is 0 Å². The van der Waals surface area contributed by atoms with Gasteiger partial charge >= 0.3 is 5.97 Å². The molecule has 0 aromatic heterocycles. The van der Waals surface area contributed by atoms with E-state index in [4.69, 9.17) is 5.11 Å². The zero-order chi connectivity index (χ0) is 13.9. The van der Waals surface area contributed by atoms with Crippen LogP contribution in [-0.4, -0.2) is 23.7 Å². The fraction of sp³-hybridized carbons (Fsp3) is 0.533. The number of carbonyl (C=O) groups is 1. The van der Waals surface area contributed by atoms with Crippen LogP contribution in [0.25, 0.3) is 0 Å². The summed E-state index contributed by atoms with van der Waals surface area (Å²) in [4.78, 5) is 13.2. The smallest absolute Gasteiger partial charge is 0.308 e. The summed E-state index contributed by atoms with van der Waals surface area (Å²) in [6.45, 7) is 10.6. The van der Waals surface area contributed by atoms with Crippen LogP contribution in [0, 0.1) is 19.8 Å². The van der Waals surface area contributed by atoms with Crippen LogP contribution >= 0.6 is 0 Å². The zero-order valence-electron chi connectivity index (χ0n) is 11.9. The Labute approximate surface area is 109 Å². The maximum Gasteiger partial charge on any atom is 0.308 e. The molecule has 0 bridgehead atoms. The average Bonchev–Trinajstić information content (AvgIpc) is 2.26. The summed E-state index contributed by atoms with van der Waals surface area (Å²) in [7, 11) is 0. The third-order valence-corrected chi connectivity index (χ3v) is 3.18. The number of nitrogens with zero attached hydrogens (tertiary/aromatic N) is 1. The molecule has 1 rings (SSSR count). The molecule has 3 heteroatoms. The summed E-state index contributed by atoms with van der Waals surface area (Å²) in [6.07, 6.45) is 0. The lowest BCUT2D eigenvalue weighted by molar-refractivity contribution is -0.140. The van der Waals surface area contributed by atoms with Crippen LogP contribution in [0.5, 0.6) is 0 Å². The Kier molecular flexibility index (Phi) is 4.76. The molecule has 0 aliphatic rings. The predicted octanol–water partition coefficient (Wildman–Crippen LogP) is 3.24. The van der Waals surface area contributed by atoms with Crippen LogP contribution in [0.3, 0.4) is 0 Å². The number of hydrogen-bond donors (Lipinski definition) is 1. The van der Waals surface area contributed by atoms with Gasteiger partial charge in [-0.1, -0.05) is 24.6 Å². The van der Waals surface area contributed by atoms with Crippen LogP contribution in [0.4, 0.5) is 5.69 Å². The number of rotatable bonds is 5. The van der Waals surface area contributed by atoms with Crippen molar-refractivity contribution in [2.45, 2.75) is 40.7 Å². The minimum absolute atomic E-state index is 0.285. The second-order valence-electron chi connectivity index (χ2n) is 5.28. The molecule has 1 atom stereocenters. The van der Waals surface area contributed by atoms with Gasteiger partial charge in [-0.25, -0.2) is 0 Å². The molecule has 3 nitrogen and oxygen atoms in total. The quantitative estimate of drug-likeness (QED) is 0.871. The van der Waals surface area contributed by atoms with Crippen molar-refractivity contribution in [1.29, 1.82) is 0 Å². The van der Waals surface area contributed by atoms with Gasteiger partial charge in [0, 0.05) is 18.3 Å². The van der Waals surface area contributed by atoms with Crippen LogP contribution in [0.15, 0.2) is 18.2 Å². The van der Waals surface area contributed by atoms with E-state index in [1.165, 1.54) is 11.1 Å². The molecule has 100 valence electrons. The summed E-state index contributed by atoms with van der Waals surface area (Å²) in [6, 6.07) is 6.58. The molecule has 0 spiro atoms. The number of carboxylic acids is 1.